The molecule has 0 amide bonds. The number of fused-ring (bicyclic) bond motifs is 1. The molecule has 0 saturated carbocycles. The molecule has 1 aliphatic rings. The lowest BCUT2D eigenvalue weighted by molar-refractivity contribution is -0.138. The Morgan fingerprint density at radius 3 is 2.58 bits per heavy atom. The van der Waals surface area contributed by atoms with Crippen LogP contribution in [0.25, 0.3) is 6.08 Å². The summed E-state index contributed by atoms with van der Waals surface area (Å²) in [6.07, 6.45) is -0.481. The Hall–Kier alpha value is -2.43. The van der Waals surface area contributed by atoms with Gasteiger partial charge in [-0.25, -0.2) is 0 Å². The lowest BCUT2D eigenvalue weighted by Gasteiger charge is -2.28. The molecule has 1 heterocycles. The Labute approximate surface area is 138 Å². The molecule has 2 aromatic rings. The average molecular weight is 334 g/mol. The van der Waals surface area contributed by atoms with E-state index in [0.29, 0.717) is 11.5 Å². The van der Waals surface area contributed by atoms with Gasteiger partial charge in [-0.1, -0.05) is 24.3 Å². The molecule has 0 fully saturated rings. The van der Waals surface area contributed by atoms with Crippen LogP contribution in [0.15, 0.2) is 48.5 Å². The van der Waals surface area contributed by atoms with E-state index in [-0.39, 0.29) is 12.2 Å². The van der Waals surface area contributed by atoms with Gasteiger partial charge in [-0.05, 0) is 38.1 Å². The molecule has 0 atom stereocenters. The summed E-state index contributed by atoms with van der Waals surface area (Å²) in [7, 11) is 0. The molecule has 5 heteroatoms. The van der Waals surface area contributed by atoms with Crippen LogP contribution in [0.4, 0.5) is 13.2 Å². The third kappa shape index (κ3) is 3.55. The highest BCUT2D eigenvalue weighted by molar-refractivity contribution is 5.62. The van der Waals surface area contributed by atoms with Gasteiger partial charge in [0.15, 0.2) is 0 Å². The van der Waals surface area contributed by atoms with E-state index in [1.165, 1.54) is 12.1 Å². The van der Waals surface area contributed by atoms with Crippen molar-refractivity contribution in [1.82, 2.24) is 0 Å². The summed E-state index contributed by atoms with van der Waals surface area (Å²) in [5.41, 5.74) is -0.0846. The molecule has 0 radical (unpaired) electrons. The minimum absolute atomic E-state index is 0.101. The van der Waals surface area contributed by atoms with Crippen molar-refractivity contribution in [1.29, 1.82) is 0 Å². The van der Waals surface area contributed by atoms with Gasteiger partial charge < -0.3 is 9.47 Å². The third-order valence-electron chi connectivity index (χ3n) is 3.74. The maximum Gasteiger partial charge on any atom is 0.416 e. The van der Waals surface area contributed by atoms with Crippen LogP contribution in [0.2, 0.25) is 0 Å². The van der Waals surface area contributed by atoms with Crippen molar-refractivity contribution in [3.8, 4) is 11.5 Å². The maximum absolute atomic E-state index is 13.0. The standard InChI is InChI=1S/C19H17F3O2/c1-18(2)10-9-13-7-8-15(11-17(13)24-18)23-12-14-5-3-4-6-16(14)19(20,21)22/h3-11H,12H2,1-2H3. The van der Waals surface area contributed by atoms with E-state index in [1.807, 2.05) is 32.1 Å². The zero-order chi connectivity index (χ0) is 17.4. The van der Waals surface area contributed by atoms with Crippen molar-refractivity contribution >= 4 is 6.08 Å². The smallest absolute Gasteiger partial charge is 0.416 e. The van der Waals surface area contributed by atoms with Crippen LogP contribution in [0.5, 0.6) is 11.5 Å². The number of alkyl halides is 3. The number of rotatable bonds is 3. The highest BCUT2D eigenvalue weighted by Gasteiger charge is 2.33. The Balaban J connectivity index is 1.79. The summed E-state index contributed by atoms with van der Waals surface area (Å²) in [6.45, 7) is 3.70. The predicted octanol–water partition coefficient (Wildman–Crippen LogP) is 5.47. The Morgan fingerprint density at radius 2 is 1.83 bits per heavy atom. The van der Waals surface area contributed by atoms with Gasteiger partial charge in [-0.3, -0.25) is 0 Å². The molecule has 0 spiro atoms. The topological polar surface area (TPSA) is 18.5 Å². The van der Waals surface area contributed by atoms with Crippen molar-refractivity contribution in [3.63, 3.8) is 0 Å². The molecule has 0 N–H and O–H groups in total. The van der Waals surface area contributed by atoms with Gasteiger partial charge in [0.05, 0.1) is 5.56 Å². The fourth-order valence-corrected chi connectivity index (χ4v) is 2.52. The number of hydrogen-bond acceptors (Lipinski definition) is 2. The van der Waals surface area contributed by atoms with Crippen molar-refractivity contribution in [2.24, 2.45) is 0 Å². The van der Waals surface area contributed by atoms with Crippen LogP contribution < -0.4 is 9.47 Å². The second-order valence-corrected chi connectivity index (χ2v) is 6.18. The summed E-state index contributed by atoms with van der Waals surface area (Å²) in [5, 5.41) is 0. The lowest BCUT2D eigenvalue weighted by Crippen LogP contribution is -2.27. The molecule has 0 unspecified atom stereocenters. The molecule has 2 nitrogen and oxygen atoms in total. The lowest BCUT2D eigenvalue weighted by atomic mass is 10.0. The Bertz CT molecular complexity index is 776. The minimum atomic E-state index is -4.40. The van der Waals surface area contributed by atoms with Crippen molar-refractivity contribution < 1.29 is 22.6 Å². The minimum Gasteiger partial charge on any atom is -0.489 e. The van der Waals surface area contributed by atoms with Crippen LogP contribution in [0, 0.1) is 0 Å². The van der Waals surface area contributed by atoms with Crippen molar-refractivity contribution in [2.45, 2.75) is 32.2 Å². The van der Waals surface area contributed by atoms with Gasteiger partial charge >= 0.3 is 6.18 Å². The molecule has 24 heavy (non-hydrogen) atoms. The summed E-state index contributed by atoms with van der Waals surface area (Å²) < 4.78 is 50.4. The second kappa shape index (κ2) is 5.89. The monoisotopic (exact) mass is 334 g/mol. The average Bonchev–Trinajstić information content (AvgIpc) is 2.51. The fourth-order valence-electron chi connectivity index (χ4n) is 2.52. The first-order valence-corrected chi connectivity index (χ1v) is 7.55. The fraction of sp³-hybridized carbons (Fsp3) is 0.263. The molecule has 2 aromatic carbocycles. The first-order chi connectivity index (χ1) is 11.2. The van der Waals surface area contributed by atoms with Gasteiger partial charge in [0.2, 0.25) is 0 Å². The first kappa shape index (κ1) is 16.4. The van der Waals surface area contributed by atoms with E-state index in [4.69, 9.17) is 9.47 Å². The predicted molar refractivity (Wildman–Crippen MR) is 86.0 cm³/mol. The van der Waals surface area contributed by atoms with Crippen LogP contribution in [0.1, 0.15) is 30.5 Å². The van der Waals surface area contributed by atoms with Crippen molar-refractivity contribution in [3.05, 3.63) is 65.2 Å². The van der Waals surface area contributed by atoms with Crippen LogP contribution in [0.3, 0.4) is 0 Å². The second-order valence-electron chi connectivity index (χ2n) is 6.18. The van der Waals surface area contributed by atoms with Gasteiger partial charge in [-0.2, -0.15) is 13.2 Å². The van der Waals surface area contributed by atoms with Gasteiger partial charge in [0.1, 0.15) is 23.7 Å². The molecular weight excluding hydrogens is 317 g/mol. The number of ether oxygens (including phenoxy) is 2. The zero-order valence-corrected chi connectivity index (χ0v) is 13.4. The molecule has 1 aliphatic heterocycles. The van der Waals surface area contributed by atoms with E-state index in [2.05, 4.69) is 0 Å². The van der Waals surface area contributed by atoms with E-state index >= 15 is 0 Å². The molecule has 3 rings (SSSR count). The van der Waals surface area contributed by atoms with E-state index in [0.717, 1.165) is 11.6 Å². The first-order valence-electron chi connectivity index (χ1n) is 7.55. The SMILES string of the molecule is CC1(C)C=Cc2ccc(OCc3ccccc3C(F)(F)F)cc2O1. The van der Waals surface area contributed by atoms with E-state index < -0.39 is 17.3 Å². The normalized spacial score (nSPS) is 15.5. The molecule has 0 saturated heterocycles. The summed E-state index contributed by atoms with van der Waals surface area (Å²) in [6, 6.07) is 10.7. The van der Waals surface area contributed by atoms with Gasteiger partial charge in [0, 0.05) is 17.2 Å². The zero-order valence-electron chi connectivity index (χ0n) is 13.4. The number of hydrogen-bond donors (Lipinski definition) is 0. The summed E-state index contributed by atoms with van der Waals surface area (Å²) in [5.74, 6) is 1.13. The van der Waals surface area contributed by atoms with Gasteiger partial charge in [0.25, 0.3) is 0 Å². The summed E-state index contributed by atoms with van der Waals surface area (Å²) >= 11 is 0. The van der Waals surface area contributed by atoms with Crippen LogP contribution in [-0.2, 0) is 12.8 Å². The molecular formula is C19H17F3O2. The van der Waals surface area contributed by atoms with Gasteiger partial charge in [-0.15, -0.1) is 0 Å². The molecule has 0 bridgehead atoms. The number of halogens is 3. The number of benzene rings is 2. The highest BCUT2D eigenvalue weighted by Crippen LogP contribution is 2.35. The molecule has 0 aromatic heterocycles. The largest absolute Gasteiger partial charge is 0.489 e. The third-order valence-corrected chi connectivity index (χ3v) is 3.74. The van der Waals surface area contributed by atoms with E-state index in [9.17, 15) is 13.2 Å². The maximum atomic E-state index is 13.0. The Morgan fingerprint density at radius 1 is 1.08 bits per heavy atom. The quantitative estimate of drug-likeness (QED) is 0.741. The summed E-state index contributed by atoms with van der Waals surface area (Å²) in [4.78, 5) is 0. The highest BCUT2D eigenvalue weighted by atomic mass is 19.4. The Kier molecular flexibility index (Phi) is 4.03. The molecule has 126 valence electrons. The van der Waals surface area contributed by atoms with Crippen molar-refractivity contribution in [2.75, 3.05) is 0 Å². The van der Waals surface area contributed by atoms with Crippen LogP contribution >= 0.6 is 0 Å². The van der Waals surface area contributed by atoms with E-state index in [1.54, 1.807) is 18.2 Å². The van der Waals surface area contributed by atoms with Crippen LogP contribution in [-0.4, -0.2) is 5.60 Å². The molecule has 0 aliphatic carbocycles.